The molecule has 2 N–H and O–H groups in total. The van der Waals surface area contributed by atoms with Gasteiger partial charge in [-0.3, -0.25) is 4.79 Å². The van der Waals surface area contributed by atoms with Crippen molar-refractivity contribution in [1.82, 2.24) is 4.90 Å². The summed E-state index contributed by atoms with van der Waals surface area (Å²) in [5.41, 5.74) is 6.80. The van der Waals surface area contributed by atoms with Crippen molar-refractivity contribution in [3.8, 4) is 5.75 Å². The minimum absolute atomic E-state index is 0.0695. The van der Waals surface area contributed by atoms with Crippen LogP contribution in [0.15, 0.2) is 24.3 Å². The highest BCUT2D eigenvalue weighted by atomic mass is 16.5. The minimum Gasteiger partial charge on any atom is -0.492 e. The van der Waals surface area contributed by atoms with E-state index in [2.05, 4.69) is 6.92 Å². The van der Waals surface area contributed by atoms with Crippen LogP contribution < -0.4 is 10.5 Å². The highest BCUT2D eigenvalue weighted by molar-refractivity contribution is 5.80. The lowest BCUT2D eigenvalue weighted by atomic mass is 10.2. The number of ether oxygens (including phenoxy) is 1. The fraction of sp³-hybridized carbons (Fsp3) is 0.500. The topological polar surface area (TPSA) is 55.6 Å². The number of benzene rings is 1. The molecule has 1 aromatic rings. The summed E-state index contributed by atoms with van der Waals surface area (Å²) in [5, 5.41) is 0. The monoisotopic (exact) mass is 250 g/mol. The van der Waals surface area contributed by atoms with Gasteiger partial charge < -0.3 is 15.4 Å². The number of carbonyl (C=O) groups is 1. The average Bonchev–Trinajstić information content (AvgIpc) is 2.38. The number of amides is 1. The molecule has 0 aliphatic rings. The van der Waals surface area contributed by atoms with Crippen LogP contribution in [0.25, 0.3) is 0 Å². The number of hydrogen-bond donors (Lipinski definition) is 1. The summed E-state index contributed by atoms with van der Waals surface area (Å²) in [5.74, 6) is 0.758. The van der Waals surface area contributed by atoms with Crippen molar-refractivity contribution in [2.24, 2.45) is 5.73 Å². The van der Waals surface area contributed by atoms with Gasteiger partial charge in [-0.25, -0.2) is 0 Å². The van der Waals surface area contributed by atoms with Crippen LogP contribution in [-0.2, 0) is 11.2 Å². The molecule has 1 aromatic carbocycles. The molecule has 100 valence electrons. The molecule has 0 heterocycles. The Morgan fingerprint density at radius 2 is 2.00 bits per heavy atom. The van der Waals surface area contributed by atoms with E-state index < -0.39 is 6.04 Å². The smallest absolute Gasteiger partial charge is 0.239 e. The Bertz CT molecular complexity index is 374. The zero-order valence-electron chi connectivity index (χ0n) is 11.3. The van der Waals surface area contributed by atoms with Gasteiger partial charge in [0.15, 0.2) is 0 Å². The molecule has 0 aliphatic heterocycles. The van der Waals surface area contributed by atoms with Gasteiger partial charge in [-0.1, -0.05) is 19.1 Å². The predicted molar refractivity (Wildman–Crippen MR) is 72.6 cm³/mol. The molecule has 0 bridgehead atoms. The van der Waals surface area contributed by atoms with Crippen LogP contribution in [0.1, 0.15) is 19.4 Å². The minimum atomic E-state index is -0.459. The SMILES string of the molecule is CCc1ccc(OCCN(C)C(=O)C(C)N)cc1. The second-order valence-corrected chi connectivity index (χ2v) is 4.39. The molecule has 0 radical (unpaired) electrons. The fourth-order valence-corrected chi connectivity index (χ4v) is 1.58. The molecule has 1 unspecified atom stereocenters. The zero-order valence-corrected chi connectivity index (χ0v) is 11.3. The second-order valence-electron chi connectivity index (χ2n) is 4.39. The van der Waals surface area contributed by atoms with Crippen molar-refractivity contribution < 1.29 is 9.53 Å². The Hall–Kier alpha value is -1.55. The van der Waals surface area contributed by atoms with Gasteiger partial charge in [-0.05, 0) is 31.0 Å². The van der Waals surface area contributed by atoms with Gasteiger partial charge in [-0.2, -0.15) is 0 Å². The maximum atomic E-state index is 11.5. The van der Waals surface area contributed by atoms with Crippen molar-refractivity contribution >= 4 is 5.91 Å². The number of nitrogens with zero attached hydrogens (tertiary/aromatic N) is 1. The van der Waals surface area contributed by atoms with Gasteiger partial charge in [0.1, 0.15) is 12.4 Å². The molecule has 0 spiro atoms. The third-order valence-electron chi connectivity index (χ3n) is 2.79. The van der Waals surface area contributed by atoms with Gasteiger partial charge >= 0.3 is 0 Å². The first-order valence-electron chi connectivity index (χ1n) is 6.27. The van der Waals surface area contributed by atoms with Crippen LogP contribution in [0.2, 0.25) is 0 Å². The van der Waals surface area contributed by atoms with E-state index in [-0.39, 0.29) is 5.91 Å². The summed E-state index contributed by atoms with van der Waals surface area (Å²) in [6, 6.07) is 7.54. The summed E-state index contributed by atoms with van der Waals surface area (Å²) in [6.07, 6.45) is 1.02. The first-order valence-corrected chi connectivity index (χ1v) is 6.27. The second kappa shape index (κ2) is 7.01. The van der Waals surface area contributed by atoms with Crippen LogP contribution >= 0.6 is 0 Å². The fourth-order valence-electron chi connectivity index (χ4n) is 1.58. The Kier molecular flexibility index (Phi) is 5.65. The van der Waals surface area contributed by atoms with Crippen LogP contribution in [0.5, 0.6) is 5.75 Å². The van der Waals surface area contributed by atoms with Gasteiger partial charge in [0, 0.05) is 7.05 Å². The van der Waals surface area contributed by atoms with Crippen molar-refractivity contribution in [3.05, 3.63) is 29.8 Å². The molecule has 0 aliphatic carbocycles. The molecular formula is C14H22N2O2. The van der Waals surface area contributed by atoms with Crippen LogP contribution in [0.4, 0.5) is 0 Å². The van der Waals surface area contributed by atoms with Crippen molar-refractivity contribution in [3.63, 3.8) is 0 Å². The molecule has 4 nitrogen and oxygen atoms in total. The number of carbonyl (C=O) groups excluding carboxylic acids is 1. The van der Waals surface area contributed by atoms with Crippen LogP contribution in [0.3, 0.4) is 0 Å². The largest absolute Gasteiger partial charge is 0.492 e. The van der Waals surface area contributed by atoms with E-state index in [0.717, 1.165) is 12.2 Å². The van der Waals surface area contributed by atoms with Crippen molar-refractivity contribution in [2.75, 3.05) is 20.2 Å². The maximum absolute atomic E-state index is 11.5. The summed E-state index contributed by atoms with van der Waals surface area (Å²) in [7, 11) is 1.73. The molecule has 0 saturated heterocycles. The molecule has 1 amide bonds. The molecular weight excluding hydrogens is 228 g/mol. The standard InChI is InChI=1S/C14H22N2O2/c1-4-12-5-7-13(8-6-12)18-10-9-16(3)14(17)11(2)15/h5-8,11H,4,9-10,15H2,1-3H3. The van der Waals surface area contributed by atoms with Crippen LogP contribution in [-0.4, -0.2) is 37.0 Å². The highest BCUT2D eigenvalue weighted by Gasteiger charge is 2.12. The third kappa shape index (κ3) is 4.37. The molecule has 18 heavy (non-hydrogen) atoms. The summed E-state index contributed by atoms with van der Waals surface area (Å²) in [6.45, 7) is 4.81. The van der Waals surface area contributed by atoms with Crippen LogP contribution in [0, 0.1) is 0 Å². The van der Waals surface area contributed by atoms with E-state index in [1.807, 2.05) is 24.3 Å². The Labute approximate surface area is 109 Å². The number of rotatable bonds is 6. The first-order chi connectivity index (χ1) is 8.54. The summed E-state index contributed by atoms with van der Waals surface area (Å²) >= 11 is 0. The van der Waals surface area contributed by atoms with E-state index >= 15 is 0 Å². The van der Waals surface area contributed by atoms with Crippen molar-refractivity contribution in [1.29, 1.82) is 0 Å². The lowest BCUT2D eigenvalue weighted by Crippen LogP contribution is -2.41. The number of hydrogen-bond acceptors (Lipinski definition) is 3. The Balaban J connectivity index is 2.34. The molecule has 4 heteroatoms. The summed E-state index contributed by atoms with van der Waals surface area (Å²) < 4.78 is 5.57. The maximum Gasteiger partial charge on any atom is 0.239 e. The number of likely N-dealkylation sites (N-methyl/N-ethyl adjacent to an activating group) is 1. The van der Waals surface area contributed by atoms with Gasteiger partial charge in [0.2, 0.25) is 5.91 Å². The van der Waals surface area contributed by atoms with E-state index in [1.54, 1.807) is 18.9 Å². The van der Waals surface area contributed by atoms with Crippen molar-refractivity contribution in [2.45, 2.75) is 26.3 Å². The predicted octanol–water partition coefficient (Wildman–Crippen LogP) is 1.43. The highest BCUT2D eigenvalue weighted by Crippen LogP contribution is 2.12. The zero-order chi connectivity index (χ0) is 13.5. The van der Waals surface area contributed by atoms with E-state index in [4.69, 9.17) is 10.5 Å². The summed E-state index contributed by atoms with van der Waals surface area (Å²) in [4.78, 5) is 13.1. The quantitative estimate of drug-likeness (QED) is 0.831. The lowest BCUT2D eigenvalue weighted by molar-refractivity contribution is -0.131. The normalized spacial score (nSPS) is 12.0. The number of aryl methyl sites for hydroxylation is 1. The molecule has 0 aromatic heterocycles. The third-order valence-corrected chi connectivity index (χ3v) is 2.79. The molecule has 0 fully saturated rings. The van der Waals surface area contributed by atoms with Gasteiger partial charge in [0.05, 0.1) is 12.6 Å². The Morgan fingerprint density at radius 1 is 1.39 bits per heavy atom. The Morgan fingerprint density at radius 3 is 2.50 bits per heavy atom. The number of nitrogens with two attached hydrogens (primary N) is 1. The molecule has 0 saturated carbocycles. The van der Waals surface area contributed by atoms with E-state index in [1.165, 1.54) is 5.56 Å². The lowest BCUT2D eigenvalue weighted by Gasteiger charge is -2.19. The first kappa shape index (κ1) is 14.5. The van der Waals surface area contributed by atoms with E-state index in [9.17, 15) is 4.79 Å². The average molecular weight is 250 g/mol. The van der Waals surface area contributed by atoms with Gasteiger partial charge in [0.25, 0.3) is 0 Å². The molecule has 1 atom stereocenters. The van der Waals surface area contributed by atoms with E-state index in [0.29, 0.717) is 13.2 Å². The van der Waals surface area contributed by atoms with Gasteiger partial charge in [-0.15, -0.1) is 0 Å². The molecule has 1 rings (SSSR count).